The lowest BCUT2D eigenvalue weighted by atomic mass is 9.93. The quantitative estimate of drug-likeness (QED) is 0.889. The molecule has 1 aromatic carbocycles. The topological polar surface area (TPSA) is 20.2 Å². The van der Waals surface area contributed by atoms with Gasteiger partial charge in [0.2, 0.25) is 0 Å². The van der Waals surface area contributed by atoms with E-state index in [0.717, 1.165) is 27.2 Å². The highest BCUT2D eigenvalue weighted by atomic mass is 79.9. The fourth-order valence-electron chi connectivity index (χ4n) is 2.17. The van der Waals surface area contributed by atoms with Crippen LogP contribution in [0.4, 0.5) is 0 Å². The summed E-state index contributed by atoms with van der Waals surface area (Å²) in [5.74, 6) is 1.15. The van der Waals surface area contributed by atoms with Crippen molar-refractivity contribution in [3.05, 3.63) is 33.3 Å². The van der Waals surface area contributed by atoms with Gasteiger partial charge in [-0.05, 0) is 43.2 Å². The van der Waals surface area contributed by atoms with Gasteiger partial charge in [0.1, 0.15) is 0 Å². The van der Waals surface area contributed by atoms with Crippen molar-refractivity contribution in [2.24, 2.45) is 0 Å². The molecule has 4 heteroatoms. The van der Waals surface area contributed by atoms with Crippen molar-refractivity contribution in [3.8, 4) is 0 Å². The molecule has 1 aromatic rings. The van der Waals surface area contributed by atoms with Crippen LogP contribution in [0.15, 0.2) is 22.7 Å². The van der Waals surface area contributed by atoms with Gasteiger partial charge in [0.15, 0.2) is 0 Å². The summed E-state index contributed by atoms with van der Waals surface area (Å²) in [5, 5.41) is 11.1. The van der Waals surface area contributed by atoms with Gasteiger partial charge in [-0.2, -0.15) is 11.8 Å². The van der Waals surface area contributed by atoms with Gasteiger partial charge in [-0.1, -0.05) is 33.6 Å². The number of aliphatic hydroxyl groups excluding tert-OH is 1. The molecule has 0 aromatic heterocycles. The number of halogens is 2. The SMILES string of the molecule is CC1(C(O)Cc2ccc(Br)cc2Cl)CCCS1. The standard InChI is InChI=1S/C13H16BrClOS/c1-13(5-2-6-17-13)12(16)7-9-3-4-10(14)8-11(9)15/h3-4,8,12,16H,2,5-7H2,1H3. The predicted molar refractivity (Wildman–Crippen MR) is 79.0 cm³/mol. The van der Waals surface area contributed by atoms with Gasteiger partial charge < -0.3 is 5.11 Å². The lowest BCUT2D eigenvalue weighted by Gasteiger charge is -2.29. The highest BCUT2D eigenvalue weighted by Crippen LogP contribution is 2.41. The van der Waals surface area contributed by atoms with Gasteiger partial charge in [0.05, 0.1) is 6.10 Å². The summed E-state index contributed by atoms with van der Waals surface area (Å²) in [6.07, 6.45) is 2.60. The Balaban J connectivity index is 2.10. The molecule has 17 heavy (non-hydrogen) atoms. The fraction of sp³-hybridized carbons (Fsp3) is 0.538. The molecule has 1 nitrogen and oxygen atoms in total. The van der Waals surface area contributed by atoms with Gasteiger partial charge in [-0.15, -0.1) is 0 Å². The van der Waals surface area contributed by atoms with Crippen molar-refractivity contribution in [1.82, 2.24) is 0 Å². The van der Waals surface area contributed by atoms with Crippen LogP contribution in [0.1, 0.15) is 25.3 Å². The molecular weight excluding hydrogens is 320 g/mol. The third kappa shape index (κ3) is 3.19. The Kier molecular flexibility index (Phi) is 4.45. The largest absolute Gasteiger partial charge is 0.391 e. The van der Waals surface area contributed by atoms with Crippen LogP contribution < -0.4 is 0 Å². The molecule has 0 bridgehead atoms. The lowest BCUT2D eigenvalue weighted by Crippen LogP contribution is -2.35. The molecule has 0 amide bonds. The summed E-state index contributed by atoms with van der Waals surface area (Å²) in [6.45, 7) is 2.15. The molecule has 0 saturated carbocycles. The van der Waals surface area contributed by atoms with E-state index >= 15 is 0 Å². The average Bonchev–Trinajstić information content (AvgIpc) is 2.71. The maximum absolute atomic E-state index is 10.4. The minimum absolute atomic E-state index is 0.00357. The number of thioether (sulfide) groups is 1. The summed E-state index contributed by atoms with van der Waals surface area (Å²) in [4.78, 5) is 0. The van der Waals surface area contributed by atoms with Crippen LogP contribution >= 0.6 is 39.3 Å². The number of aliphatic hydroxyl groups is 1. The zero-order valence-electron chi connectivity index (χ0n) is 9.75. The van der Waals surface area contributed by atoms with Gasteiger partial charge >= 0.3 is 0 Å². The third-order valence-corrected chi connectivity index (χ3v) is 5.86. The second-order valence-electron chi connectivity index (χ2n) is 4.72. The Hall–Kier alpha value is 0.300. The molecule has 2 atom stereocenters. The van der Waals surface area contributed by atoms with Crippen molar-refractivity contribution in [2.75, 3.05) is 5.75 Å². The molecule has 0 spiro atoms. The fourth-order valence-corrected chi connectivity index (χ4v) is 4.24. The van der Waals surface area contributed by atoms with Crippen molar-refractivity contribution in [2.45, 2.75) is 37.0 Å². The van der Waals surface area contributed by atoms with Crippen molar-refractivity contribution in [1.29, 1.82) is 0 Å². The minimum Gasteiger partial charge on any atom is -0.391 e. The molecule has 1 aliphatic rings. The first-order chi connectivity index (χ1) is 8.01. The second-order valence-corrected chi connectivity index (χ2v) is 7.67. The normalized spacial score (nSPS) is 26.1. The molecule has 2 rings (SSSR count). The number of hydrogen-bond donors (Lipinski definition) is 1. The van der Waals surface area contributed by atoms with Gasteiger partial charge in [0, 0.05) is 20.7 Å². The Labute approximate surface area is 120 Å². The van der Waals surface area contributed by atoms with Gasteiger partial charge in [-0.3, -0.25) is 0 Å². The van der Waals surface area contributed by atoms with E-state index in [2.05, 4.69) is 22.9 Å². The van der Waals surface area contributed by atoms with Crippen LogP contribution in [-0.2, 0) is 6.42 Å². The predicted octanol–water partition coefficient (Wildman–Crippen LogP) is 4.29. The maximum atomic E-state index is 10.4. The number of rotatable bonds is 3. The zero-order valence-corrected chi connectivity index (χ0v) is 12.9. The Morgan fingerprint density at radius 3 is 2.94 bits per heavy atom. The first-order valence-electron chi connectivity index (χ1n) is 5.77. The van der Waals surface area contributed by atoms with Gasteiger partial charge in [0.25, 0.3) is 0 Å². The van der Waals surface area contributed by atoms with E-state index in [0.29, 0.717) is 6.42 Å². The van der Waals surface area contributed by atoms with Crippen LogP contribution in [0, 0.1) is 0 Å². The first kappa shape index (κ1) is 13.7. The number of hydrogen-bond acceptors (Lipinski definition) is 2. The van der Waals surface area contributed by atoms with E-state index in [9.17, 15) is 5.11 Å². The molecule has 1 fully saturated rings. The summed E-state index contributed by atoms with van der Waals surface area (Å²) in [6, 6.07) is 5.84. The van der Waals surface area contributed by atoms with E-state index in [1.165, 1.54) is 6.42 Å². The zero-order chi connectivity index (χ0) is 12.5. The number of benzene rings is 1. The molecule has 1 heterocycles. The van der Waals surface area contributed by atoms with Crippen LogP contribution in [0.25, 0.3) is 0 Å². The van der Waals surface area contributed by atoms with Crippen LogP contribution in [0.2, 0.25) is 5.02 Å². The lowest BCUT2D eigenvalue weighted by molar-refractivity contribution is 0.133. The molecule has 0 radical (unpaired) electrons. The van der Waals surface area contributed by atoms with Gasteiger partial charge in [-0.25, -0.2) is 0 Å². The van der Waals surface area contributed by atoms with Crippen LogP contribution in [-0.4, -0.2) is 21.7 Å². The van der Waals surface area contributed by atoms with Crippen LogP contribution in [0.3, 0.4) is 0 Å². The Morgan fingerprint density at radius 1 is 1.59 bits per heavy atom. The molecule has 1 saturated heterocycles. The van der Waals surface area contributed by atoms with Crippen molar-refractivity contribution < 1.29 is 5.11 Å². The third-order valence-electron chi connectivity index (χ3n) is 3.38. The molecule has 2 unspecified atom stereocenters. The highest BCUT2D eigenvalue weighted by Gasteiger charge is 2.36. The first-order valence-corrected chi connectivity index (χ1v) is 7.93. The Bertz CT molecular complexity index is 404. The average molecular weight is 336 g/mol. The monoisotopic (exact) mass is 334 g/mol. The van der Waals surface area contributed by atoms with Crippen molar-refractivity contribution in [3.63, 3.8) is 0 Å². The summed E-state index contributed by atoms with van der Waals surface area (Å²) < 4.78 is 0.971. The minimum atomic E-state index is -0.325. The molecule has 94 valence electrons. The van der Waals surface area contributed by atoms with E-state index in [4.69, 9.17) is 11.6 Å². The highest BCUT2D eigenvalue weighted by molar-refractivity contribution is 9.10. The molecule has 1 N–H and O–H groups in total. The second kappa shape index (κ2) is 5.52. The Morgan fingerprint density at radius 2 is 2.35 bits per heavy atom. The molecular formula is C13H16BrClOS. The summed E-state index contributed by atoms with van der Waals surface area (Å²) in [7, 11) is 0. The van der Waals surface area contributed by atoms with E-state index in [-0.39, 0.29) is 10.9 Å². The summed E-state index contributed by atoms with van der Waals surface area (Å²) >= 11 is 11.4. The van der Waals surface area contributed by atoms with E-state index < -0.39 is 0 Å². The maximum Gasteiger partial charge on any atom is 0.0724 e. The van der Waals surface area contributed by atoms with Crippen molar-refractivity contribution >= 4 is 39.3 Å². The molecule has 0 aliphatic carbocycles. The van der Waals surface area contributed by atoms with E-state index in [1.54, 1.807) is 0 Å². The van der Waals surface area contributed by atoms with E-state index in [1.807, 2.05) is 30.0 Å². The van der Waals surface area contributed by atoms with Crippen LogP contribution in [0.5, 0.6) is 0 Å². The smallest absolute Gasteiger partial charge is 0.0724 e. The molecule has 1 aliphatic heterocycles. The summed E-state index contributed by atoms with van der Waals surface area (Å²) in [5.41, 5.74) is 1.02.